The van der Waals surface area contributed by atoms with Crippen LogP contribution < -0.4 is 5.73 Å². The van der Waals surface area contributed by atoms with Gasteiger partial charge in [0.2, 0.25) is 0 Å². The first kappa shape index (κ1) is 7.00. The highest BCUT2D eigenvalue weighted by molar-refractivity contribution is 7.21. The minimum absolute atomic E-state index is 0.395. The van der Waals surface area contributed by atoms with Crippen molar-refractivity contribution in [3.8, 4) is 6.07 Å². The lowest BCUT2D eigenvalue weighted by atomic mass is 10.4. The molecule has 0 radical (unpaired) electrons. The van der Waals surface area contributed by atoms with Crippen molar-refractivity contribution in [3.05, 3.63) is 17.8 Å². The van der Waals surface area contributed by atoms with Crippen molar-refractivity contribution >= 4 is 26.8 Å². The molecule has 0 aromatic carbocycles. The van der Waals surface area contributed by atoms with Gasteiger partial charge < -0.3 is 5.73 Å². The van der Waals surface area contributed by atoms with Gasteiger partial charge in [0.05, 0.1) is 0 Å². The van der Waals surface area contributed by atoms with Crippen LogP contribution in [0.5, 0.6) is 0 Å². The van der Waals surface area contributed by atoms with E-state index in [0.717, 1.165) is 5.52 Å². The third-order valence-corrected chi connectivity index (χ3v) is 2.18. The highest BCUT2D eigenvalue weighted by atomic mass is 32.1. The van der Waals surface area contributed by atoms with E-state index in [2.05, 4.69) is 9.97 Å². The topological polar surface area (TPSA) is 75.6 Å². The molecule has 12 heavy (non-hydrogen) atoms. The van der Waals surface area contributed by atoms with E-state index in [1.165, 1.54) is 11.3 Å². The Kier molecular flexibility index (Phi) is 1.42. The molecule has 0 spiro atoms. The number of thiazole rings is 1. The van der Waals surface area contributed by atoms with Crippen LogP contribution in [-0.4, -0.2) is 9.97 Å². The van der Waals surface area contributed by atoms with E-state index in [-0.39, 0.29) is 0 Å². The van der Waals surface area contributed by atoms with Crippen molar-refractivity contribution in [3.63, 3.8) is 0 Å². The molecule has 2 aromatic heterocycles. The van der Waals surface area contributed by atoms with Crippen LogP contribution in [-0.2, 0) is 0 Å². The number of rotatable bonds is 0. The molecule has 0 saturated carbocycles. The molecular formula is C7H4N4S. The fourth-order valence-corrected chi connectivity index (χ4v) is 1.60. The highest BCUT2D eigenvalue weighted by Gasteiger charge is 2.02. The Morgan fingerprint density at radius 1 is 1.42 bits per heavy atom. The monoisotopic (exact) mass is 176 g/mol. The molecule has 0 aliphatic rings. The summed E-state index contributed by atoms with van der Waals surface area (Å²) in [6.45, 7) is 0. The molecule has 5 heteroatoms. The normalized spacial score (nSPS) is 9.92. The molecule has 0 aliphatic carbocycles. The van der Waals surface area contributed by atoms with Gasteiger partial charge >= 0.3 is 0 Å². The third kappa shape index (κ3) is 0.984. The lowest BCUT2D eigenvalue weighted by Crippen LogP contribution is -1.80. The standard InChI is InChI=1S/C7H4N4S/c8-3-4-1-2-5-6(10-4)12-7(9)11-5/h1-2H,(H2,9,11). The number of nitrogen functional groups attached to an aromatic ring is 1. The lowest BCUT2D eigenvalue weighted by Gasteiger charge is -1.85. The van der Waals surface area contributed by atoms with Crippen LogP contribution in [0.1, 0.15) is 5.69 Å². The molecule has 4 nitrogen and oxygen atoms in total. The van der Waals surface area contributed by atoms with Crippen LogP contribution in [0.3, 0.4) is 0 Å². The van der Waals surface area contributed by atoms with E-state index in [1.54, 1.807) is 12.1 Å². The maximum absolute atomic E-state index is 8.54. The summed E-state index contributed by atoms with van der Waals surface area (Å²) >= 11 is 1.29. The number of aromatic nitrogens is 2. The molecule has 2 aromatic rings. The summed E-state index contributed by atoms with van der Waals surface area (Å²) in [7, 11) is 0. The maximum Gasteiger partial charge on any atom is 0.182 e. The van der Waals surface area contributed by atoms with E-state index in [9.17, 15) is 0 Å². The Labute approximate surface area is 72.3 Å². The SMILES string of the molecule is N#Cc1ccc2nc(N)sc2n1. The first-order chi connectivity index (χ1) is 5.79. The van der Waals surface area contributed by atoms with E-state index < -0.39 is 0 Å². The van der Waals surface area contributed by atoms with Gasteiger partial charge in [-0.05, 0) is 12.1 Å². The third-order valence-electron chi connectivity index (χ3n) is 1.39. The van der Waals surface area contributed by atoms with Crippen LogP contribution in [0.4, 0.5) is 5.13 Å². The summed E-state index contributed by atoms with van der Waals surface area (Å²) in [6.07, 6.45) is 0. The number of fused-ring (bicyclic) bond motifs is 1. The summed E-state index contributed by atoms with van der Waals surface area (Å²) in [4.78, 5) is 8.76. The van der Waals surface area contributed by atoms with Crippen molar-refractivity contribution < 1.29 is 0 Å². The summed E-state index contributed by atoms with van der Waals surface area (Å²) in [5.41, 5.74) is 6.61. The molecule has 0 fully saturated rings. The largest absolute Gasteiger partial charge is 0.375 e. The number of nitriles is 1. The minimum Gasteiger partial charge on any atom is -0.375 e. The summed E-state index contributed by atoms with van der Waals surface area (Å²) < 4.78 is 0. The van der Waals surface area contributed by atoms with Crippen molar-refractivity contribution in [1.82, 2.24) is 9.97 Å². The molecule has 0 saturated heterocycles. The summed E-state index contributed by atoms with van der Waals surface area (Å²) in [5.74, 6) is 0. The fraction of sp³-hybridized carbons (Fsp3) is 0. The van der Waals surface area contributed by atoms with E-state index in [1.807, 2.05) is 6.07 Å². The van der Waals surface area contributed by atoms with Crippen molar-refractivity contribution in [2.75, 3.05) is 5.73 Å². The van der Waals surface area contributed by atoms with Crippen LogP contribution in [0.2, 0.25) is 0 Å². The van der Waals surface area contributed by atoms with Crippen molar-refractivity contribution in [2.45, 2.75) is 0 Å². The number of anilines is 1. The van der Waals surface area contributed by atoms with Gasteiger partial charge in [-0.3, -0.25) is 0 Å². The number of hydrogen-bond acceptors (Lipinski definition) is 5. The van der Waals surface area contributed by atoms with E-state index >= 15 is 0 Å². The second-order valence-electron chi connectivity index (χ2n) is 2.18. The zero-order valence-electron chi connectivity index (χ0n) is 5.98. The second kappa shape index (κ2) is 2.43. The Hall–Kier alpha value is -1.67. The Bertz CT molecular complexity index is 468. The quantitative estimate of drug-likeness (QED) is 0.653. The molecule has 58 valence electrons. The molecule has 0 atom stereocenters. The zero-order chi connectivity index (χ0) is 8.55. The molecule has 0 aliphatic heterocycles. The average Bonchev–Trinajstić information content (AvgIpc) is 2.43. The van der Waals surface area contributed by atoms with Gasteiger partial charge in [0.1, 0.15) is 22.1 Å². The van der Waals surface area contributed by atoms with Crippen molar-refractivity contribution in [2.24, 2.45) is 0 Å². The second-order valence-corrected chi connectivity index (χ2v) is 3.19. The minimum atomic E-state index is 0.395. The van der Waals surface area contributed by atoms with Gasteiger partial charge in [-0.2, -0.15) is 5.26 Å². The smallest absolute Gasteiger partial charge is 0.182 e. The lowest BCUT2D eigenvalue weighted by molar-refractivity contribution is 1.33. The van der Waals surface area contributed by atoms with Gasteiger partial charge in [-0.15, -0.1) is 0 Å². The maximum atomic E-state index is 8.54. The Morgan fingerprint density at radius 2 is 2.25 bits per heavy atom. The van der Waals surface area contributed by atoms with Gasteiger partial charge in [0.25, 0.3) is 0 Å². The molecule has 2 N–H and O–H groups in total. The summed E-state index contributed by atoms with van der Waals surface area (Å²) in [5, 5.41) is 9.02. The van der Waals surface area contributed by atoms with Crippen LogP contribution in [0.15, 0.2) is 12.1 Å². The molecule has 2 rings (SSSR count). The molecule has 0 amide bonds. The number of hydrogen-bond donors (Lipinski definition) is 1. The van der Waals surface area contributed by atoms with Gasteiger partial charge in [-0.1, -0.05) is 11.3 Å². The number of pyridine rings is 1. The summed E-state index contributed by atoms with van der Waals surface area (Å²) in [6, 6.07) is 5.33. The van der Waals surface area contributed by atoms with Gasteiger partial charge in [-0.25, -0.2) is 9.97 Å². The first-order valence-corrected chi connectivity index (χ1v) is 4.04. The highest BCUT2D eigenvalue weighted by Crippen LogP contribution is 2.21. The number of nitrogens with zero attached hydrogens (tertiary/aromatic N) is 3. The fourth-order valence-electron chi connectivity index (χ4n) is 0.896. The predicted molar refractivity (Wildman–Crippen MR) is 46.5 cm³/mol. The Morgan fingerprint density at radius 3 is 3.00 bits per heavy atom. The van der Waals surface area contributed by atoms with Crippen LogP contribution in [0.25, 0.3) is 10.3 Å². The number of nitrogens with two attached hydrogens (primary N) is 1. The Balaban J connectivity index is 2.77. The molecule has 0 unspecified atom stereocenters. The van der Waals surface area contributed by atoms with Crippen LogP contribution >= 0.6 is 11.3 Å². The molecule has 0 bridgehead atoms. The molecule has 2 heterocycles. The van der Waals surface area contributed by atoms with E-state index in [0.29, 0.717) is 15.7 Å². The van der Waals surface area contributed by atoms with Gasteiger partial charge in [0, 0.05) is 0 Å². The average molecular weight is 176 g/mol. The van der Waals surface area contributed by atoms with E-state index in [4.69, 9.17) is 11.0 Å². The van der Waals surface area contributed by atoms with Gasteiger partial charge in [0.15, 0.2) is 5.13 Å². The first-order valence-electron chi connectivity index (χ1n) is 3.23. The van der Waals surface area contributed by atoms with Crippen LogP contribution in [0, 0.1) is 11.3 Å². The molecular weight excluding hydrogens is 172 g/mol. The van der Waals surface area contributed by atoms with Crippen molar-refractivity contribution in [1.29, 1.82) is 5.26 Å². The zero-order valence-corrected chi connectivity index (χ0v) is 6.80. The predicted octanol–water partition coefficient (Wildman–Crippen LogP) is 1.15.